The number of halogens is 1. The van der Waals surface area contributed by atoms with E-state index >= 15 is 0 Å². The molecular weight excluding hydrogens is 412 g/mol. The van der Waals surface area contributed by atoms with Crippen molar-refractivity contribution in [2.75, 3.05) is 13.2 Å². The van der Waals surface area contributed by atoms with Crippen molar-refractivity contribution in [1.29, 1.82) is 0 Å². The van der Waals surface area contributed by atoms with Crippen molar-refractivity contribution in [3.8, 4) is 5.75 Å². The SMILES string of the molecule is CC(C)COc1ccc(Br)cc1C(=O)NC(=S)NCCc1ccccc1. The van der Waals surface area contributed by atoms with E-state index in [-0.39, 0.29) is 5.91 Å². The molecule has 0 radical (unpaired) electrons. The second-order valence-electron chi connectivity index (χ2n) is 6.29. The zero-order valence-electron chi connectivity index (χ0n) is 14.9. The number of carbonyl (C=O) groups excluding carboxylic acids is 1. The summed E-state index contributed by atoms with van der Waals surface area (Å²) in [5, 5.41) is 6.09. The highest BCUT2D eigenvalue weighted by Crippen LogP contribution is 2.23. The van der Waals surface area contributed by atoms with E-state index in [1.807, 2.05) is 24.3 Å². The minimum Gasteiger partial charge on any atom is -0.492 e. The molecule has 0 bridgehead atoms. The summed E-state index contributed by atoms with van der Waals surface area (Å²) in [7, 11) is 0. The number of thiocarbonyl (C=S) groups is 1. The molecule has 0 aliphatic heterocycles. The van der Waals surface area contributed by atoms with Gasteiger partial charge < -0.3 is 10.1 Å². The van der Waals surface area contributed by atoms with E-state index < -0.39 is 0 Å². The van der Waals surface area contributed by atoms with Gasteiger partial charge in [-0.3, -0.25) is 10.1 Å². The monoisotopic (exact) mass is 434 g/mol. The van der Waals surface area contributed by atoms with Crippen LogP contribution in [0.1, 0.15) is 29.8 Å². The Kier molecular flexibility index (Phi) is 8.06. The molecule has 0 fully saturated rings. The van der Waals surface area contributed by atoms with Crippen LogP contribution in [-0.4, -0.2) is 24.2 Å². The number of benzene rings is 2. The van der Waals surface area contributed by atoms with Gasteiger partial charge in [-0.15, -0.1) is 0 Å². The van der Waals surface area contributed by atoms with Crippen LogP contribution in [0.25, 0.3) is 0 Å². The molecule has 1 amide bonds. The summed E-state index contributed by atoms with van der Waals surface area (Å²) in [4.78, 5) is 12.6. The predicted octanol–water partition coefficient (Wildman–Crippen LogP) is 4.33. The molecule has 138 valence electrons. The van der Waals surface area contributed by atoms with Crippen molar-refractivity contribution in [2.45, 2.75) is 20.3 Å². The first-order valence-corrected chi connectivity index (χ1v) is 9.71. The molecule has 0 aliphatic carbocycles. The van der Waals surface area contributed by atoms with E-state index in [9.17, 15) is 4.79 Å². The van der Waals surface area contributed by atoms with Crippen molar-refractivity contribution in [3.05, 3.63) is 64.1 Å². The maximum absolute atomic E-state index is 12.6. The van der Waals surface area contributed by atoms with Crippen LogP contribution in [0.3, 0.4) is 0 Å². The highest BCUT2D eigenvalue weighted by Gasteiger charge is 2.15. The standard InChI is InChI=1S/C20H23BrN2O2S/c1-14(2)13-25-18-9-8-16(21)12-17(18)19(24)23-20(26)22-11-10-15-6-4-3-5-7-15/h3-9,12,14H,10-11,13H2,1-2H3,(H2,22,23,24,26). The molecule has 6 heteroatoms. The summed E-state index contributed by atoms with van der Waals surface area (Å²) in [6.07, 6.45) is 0.830. The molecule has 0 heterocycles. The number of carbonyl (C=O) groups is 1. The fourth-order valence-electron chi connectivity index (χ4n) is 2.24. The van der Waals surface area contributed by atoms with Crippen LogP contribution in [-0.2, 0) is 6.42 Å². The predicted molar refractivity (Wildman–Crippen MR) is 113 cm³/mol. The van der Waals surface area contributed by atoms with Crippen LogP contribution in [0.2, 0.25) is 0 Å². The third-order valence-electron chi connectivity index (χ3n) is 3.53. The van der Waals surface area contributed by atoms with Gasteiger partial charge in [-0.05, 0) is 48.3 Å². The van der Waals surface area contributed by atoms with Gasteiger partial charge in [-0.1, -0.05) is 60.1 Å². The number of nitrogens with one attached hydrogen (secondary N) is 2. The van der Waals surface area contributed by atoms with E-state index in [1.165, 1.54) is 5.56 Å². The van der Waals surface area contributed by atoms with Gasteiger partial charge in [0.05, 0.1) is 12.2 Å². The third-order valence-corrected chi connectivity index (χ3v) is 4.27. The first-order valence-electron chi connectivity index (χ1n) is 8.51. The van der Waals surface area contributed by atoms with Crippen molar-refractivity contribution in [3.63, 3.8) is 0 Å². The smallest absolute Gasteiger partial charge is 0.261 e. The Morgan fingerprint density at radius 3 is 2.62 bits per heavy atom. The lowest BCUT2D eigenvalue weighted by atomic mass is 10.1. The molecule has 4 nitrogen and oxygen atoms in total. The van der Waals surface area contributed by atoms with Crippen molar-refractivity contribution >= 4 is 39.2 Å². The molecule has 2 aromatic rings. The van der Waals surface area contributed by atoms with E-state index in [0.29, 0.717) is 35.5 Å². The molecule has 0 atom stereocenters. The minimum absolute atomic E-state index is 0.290. The maximum Gasteiger partial charge on any atom is 0.261 e. The van der Waals surface area contributed by atoms with E-state index in [2.05, 4.69) is 52.5 Å². The maximum atomic E-state index is 12.6. The highest BCUT2D eigenvalue weighted by atomic mass is 79.9. The van der Waals surface area contributed by atoms with Crippen LogP contribution in [0.4, 0.5) is 0 Å². The van der Waals surface area contributed by atoms with Crippen molar-refractivity contribution in [1.82, 2.24) is 10.6 Å². The third kappa shape index (κ3) is 6.77. The van der Waals surface area contributed by atoms with Crippen molar-refractivity contribution in [2.24, 2.45) is 5.92 Å². The van der Waals surface area contributed by atoms with Crippen LogP contribution < -0.4 is 15.4 Å². The summed E-state index contributed by atoms with van der Waals surface area (Å²) < 4.78 is 6.56. The Balaban J connectivity index is 1.91. The van der Waals surface area contributed by atoms with Crippen LogP contribution in [0.5, 0.6) is 5.75 Å². The first kappa shape index (κ1) is 20.4. The normalized spacial score (nSPS) is 10.5. The second kappa shape index (κ2) is 10.3. The van der Waals surface area contributed by atoms with Gasteiger partial charge in [-0.25, -0.2) is 0 Å². The topological polar surface area (TPSA) is 50.4 Å². The lowest BCUT2D eigenvalue weighted by Crippen LogP contribution is -2.40. The van der Waals surface area contributed by atoms with Crippen LogP contribution >= 0.6 is 28.1 Å². The molecule has 0 aliphatic rings. The van der Waals surface area contributed by atoms with Gasteiger partial charge in [-0.2, -0.15) is 0 Å². The number of rotatable bonds is 7. The molecule has 0 saturated carbocycles. The molecular formula is C20H23BrN2O2S. The molecule has 0 spiro atoms. The molecule has 0 unspecified atom stereocenters. The van der Waals surface area contributed by atoms with Crippen LogP contribution in [0.15, 0.2) is 53.0 Å². The van der Waals surface area contributed by atoms with Gasteiger partial charge >= 0.3 is 0 Å². The average molecular weight is 435 g/mol. The molecule has 2 aromatic carbocycles. The Bertz CT molecular complexity index is 751. The quantitative estimate of drug-likeness (QED) is 0.636. The van der Waals surface area contributed by atoms with E-state index in [1.54, 1.807) is 12.1 Å². The number of ether oxygens (including phenoxy) is 1. The summed E-state index contributed by atoms with van der Waals surface area (Å²) in [5.41, 5.74) is 1.66. The largest absolute Gasteiger partial charge is 0.492 e. The van der Waals surface area contributed by atoms with Crippen molar-refractivity contribution < 1.29 is 9.53 Å². The fraction of sp³-hybridized carbons (Fsp3) is 0.300. The lowest BCUT2D eigenvalue weighted by molar-refractivity contribution is 0.0972. The van der Waals surface area contributed by atoms with E-state index in [4.69, 9.17) is 17.0 Å². The Morgan fingerprint density at radius 1 is 1.19 bits per heavy atom. The second-order valence-corrected chi connectivity index (χ2v) is 7.61. The zero-order chi connectivity index (χ0) is 18.9. The minimum atomic E-state index is -0.290. The number of hydrogen-bond donors (Lipinski definition) is 2. The summed E-state index contributed by atoms with van der Waals surface area (Å²) >= 11 is 8.63. The Labute approximate surface area is 168 Å². The average Bonchev–Trinajstić information content (AvgIpc) is 2.61. The van der Waals surface area contributed by atoms with Gasteiger partial charge in [0.2, 0.25) is 0 Å². The lowest BCUT2D eigenvalue weighted by Gasteiger charge is -2.14. The summed E-state index contributed by atoms with van der Waals surface area (Å²) in [5.74, 6) is 0.629. The molecule has 26 heavy (non-hydrogen) atoms. The molecule has 0 aromatic heterocycles. The van der Waals surface area contributed by atoms with Gasteiger partial charge in [0.15, 0.2) is 5.11 Å². The number of hydrogen-bond acceptors (Lipinski definition) is 3. The molecule has 0 saturated heterocycles. The zero-order valence-corrected chi connectivity index (χ0v) is 17.3. The number of amides is 1. The Hall–Kier alpha value is -1.92. The summed E-state index contributed by atoms with van der Waals surface area (Å²) in [6, 6.07) is 15.5. The van der Waals surface area contributed by atoms with Gasteiger partial charge in [0, 0.05) is 11.0 Å². The molecule has 2 N–H and O–H groups in total. The Morgan fingerprint density at radius 2 is 1.92 bits per heavy atom. The summed E-state index contributed by atoms with van der Waals surface area (Å²) in [6.45, 7) is 5.31. The highest BCUT2D eigenvalue weighted by molar-refractivity contribution is 9.10. The first-order chi connectivity index (χ1) is 12.5. The van der Waals surface area contributed by atoms with Gasteiger partial charge in [0.25, 0.3) is 5.91 Å². The van der Waals surface area contributed by atoms with Gasteiger partial charge in [0.1, 0.15) is 5.75 Å². The van der Waals surface area contributed by atoms with E-state index in [0.717, 1.165) is 10.9 Å². The fourth-order valence-corrected chi connectivity index (χ4v) is 2.80. The van der Waals surface area contributed by atoms with Crippen LogP contribution in [0, 0.1) is 5.92 Å². The molecule has 2 rings (SSSR count).